The van der Waals surface area contributed by atoms with Crippen LogP contribution >= 0.6 is 0 Å². The van der Waals surface area contributed by atoms with Crippen LogP contribution in [-0.2, 0) is 19.1 Å². The Morgan fingerprint density at radius 2 is 1.92 bits per heavy atom. The number of hydrogen-bond acceptors (Lipinski definition) is 5. The van der Waals surface area contributed by atoms with Crippen LogP contribution in [0.1, 0.15) is 32.6 Å². The molecular weight excluding hydrogens is 308 g/mol. The van der Waals surface area contributed by atoms with Gasteiger partial charge in [-0.2, -0.15) is 0 Å². The van der Waals surface area contributed by atoms with Gasteiger partial charge in [-0.05, 0) is 43.4 Å². The highest BCUT2D eigenvalue weighted by molar-refractivity contribution is 6.23. The summed E-state index contributed by atoms with van der Waals surface area (Å²) >= 11 is 0. The highest BCUT2D eigenvalue weighted by Crippen LogP contribution is 2.47. The summed E-state index contributed by atoms with van der Waals surface area (Å²) in [5.41, 5.74) is 0.146. The first-order valence-corrected chi connectivity index (χ1v) is 8.83. The molecule has 3 aliphatic carbocycles. The van der Waals surface area contributed by atoms with Crippen molar-refractivity contribution in [2.24, 2.45) is 29.6 Å². The van der Waals surface area contributed by atoms with E-state index in [1.807, 2.05) is 19.1 Å². The van der Waals surface area contributed by atoms with Gasteiger partial charge in [0.1, 0.15) is 11.4 Å². The van der Waals surface area contributed by atoms with E-state index >= 15 is 0 Å². The van der Waals surface area contributed by atoms with Crippen molar-refractivity contribution in [3.05, 3.63) is 23.8 Å². The number of hydrogen-bond donors (Lipinski definition) is 1. The molecule has 1 saturated carbocycles. The number of esters is 1. The van der Waals surface area contributed by atoms with Crippen LogP contribution < -0.4 is 0 Å². The third-order valence-corrected chi connectivity index (χ3v) is 6.15. The number of aliphatic hydroxyl groups excluding tert-OH is 1. The molecule has 5 nitrogen and oxygen atoms in total. The number of fused-ring (bicyclic) bond motifs is 5. The highest BCUT2D eigenvalue weighted by atomic mass is 16.6. The summed E-state index contributed by atoms with van der Waals surface area (Å²) in [5, 5.41) is 10.3. The highest BCUT2D eigenvalue weighted by Gasteiger charge is 2.48. The minimum atomic E-state index is -0.756. The number of ether oxygens (including phenoxy) is 1. The number of ketones is 2. The Morgan fingerprint density at radius 1 is 1.12 bits per heavy atom. The van der Waals surface area contributed by atoms with E-state index < -0.39 is 18.2 Å². The second-order valence-electron chi connectivity index (χ2n) is 7.66. The molecule has 4 aliphatic rings. The van der Waals surface area contributed by atoms with Crippen molar-refractivity contribution in [2.75, 3.05) is 0 Å². The lowest BCUT2D eigenvalue weighted by atomic mass is 9.69. The molecule has 1 saturated heterocycles. The molecule has 7 unspecified atom stereocenters. The van der Waals surface area contributed by atoms with Crippen LogP contribution in [0.2, 0.25) is 0 Å². The van der Waals surface area contributed by atoms with Crippen LogP contribution in [0, 0.1) is 29.6 Å². The Hall–Kier alpha value is -1.75. The van der Waals surface area contributed by atoms with Gasteiger partial charge in [-0.25, -0.2) is 4.79 Å². The molecule has 4 rings (SSSR count). The van der Waals surface area contributed by atoms with E-state index in [1.54, 1.807) is 6.08 Å². The summed E-state index contributed by atoms with van der Waals surface area (Å²) < 4.78 is 5.20. The minimum Gasteiger partial charge on any atom is -0.450 e. The molecule has 0 aromatic carbocycles. The number of Topliss-reactive ketones (excluding diaryl/α,β-unsaturated/α-hetero) is 2. The second-order valence-corrected chi connectivity index (χ2v) is 7.66. The summed E-state index contributed by atoms with van der Waals surface area (Å²) in [6, 6.07) is 0. The van der Waals surface area contributed by atoms with Gasteiger partial charge in [0.25, 0.3) is 0 Å². The molecule has 128 valence electrons. The maximum Gasteiger partial charge on any atom is 0.342 e. The van der Waals surface area contributed by atoms with E-state index in [0.717, 1.165) is 6.42 Å². The van der Waals surface area contributed by atoms with Gasteiger partial charge < -0.3 is 9.84 Å². The Labute approximate surface area is 140 Å². The predicted octanol–water partition coefficient (Wildman–Crippen LogP) is 1.60. The first kappa shape index (κ1) is 15.8. The van der Waals surface area contributed by atoms with Gasteiger partial charge in [0.05, 0.1) is 6.10 Å². The van der Waals surface area contributed by atoms with Crippen LogP contribution in [0.15, 0.2) is 23.8 Å². The van der Waals surface area contributed by atoms with E-state index in [4.69, 9.17) is 4.74 Å². The lowest BCUT2D eigenvalue weighted by molar-refractivity contribution is -0.141. The van der Waals surface area contributed by atoms with Crippen LogP contribution in [0.5, 0.6) is 0 Å². The Morgan fingerprint density at radius 3 is 2.71 bits per heavy atom. The van der Waals surface area contributed by atoms with E-state index in [-0.39, 0.29) is 46.7 Å². The van der Waals surface area contributed by atoms with E-state index in [0.29, 0.717) is 19.3 Å². The Bertz CT molecular complexity index is 661. The smallest absolute Gasteiger partial charge is 0.342 e. The van der Waals surface area contributed by atoms with Gasteiger partial charge in [-0.15, -0.1) is 0 Å². The summed E-state index contributed by atoms with van der Waals surface area (Å²) in [4.78, 5) is 36.9. The van der Waals surface area contributed by atoms with E-state index in [2.05, 4.69) is 0 Å². The fourth-order valence-electron chi connectivity index (χ4n) is 4.86. The SMILES string of the molecule is CC1CC2C(C=CC3CC(O)CCC4OC(=O)C(=CC32)C4=O)C1=O. The van der Waals surface area contributed by atoms with Gasteiger partial charge in [-0.3, -0.25) is 9.59 Å². The second kappa shape index (κ2) is 5.66. The predicted molar refractivity (Wildman–Crippen MR) is 84.7 cm³/mol. The zero-order chi connectivity index (χ0) is 17.0. The van der Waals surface area contributed by atoms with Crippen molar-refractivity contribution in [1.29, 1.82) is 0 Å². The number of rotatable bonds is 0. The molecule has 0 spiro atoms. The Balaban J connectivity index is 1.77. The number of aliphatic hydroxyl groups is 1. The van der Waals surface area contributed by atoms with Gasteiger partial charge in [-0.1, -0.05) is 25.2 Å². The summed E-state index contributed by atoms with van der Waals surface area (Å²) in [6.07, 6.45) is 6.61. The fourth-order valence-corrected chi connectivity index (χ4v) is 4.86. The standard InChI is InChI=1S/C19H22O5/c1-9-6-14-12(17(9)21)4-2-10-7-11(20)3-5-16-18(22)15(8-13(10)14)19(23)24-16/h2,4,8-14,16,20H,3,5-7H2,1H3. The average Bonchev–Trinajstić information content (AvgIpc) is 2.97. The molecule has 1 aliphatic heterocycles. The first-order valence-electron chi connectivity index (χ1n) is 8.83. The number of allylic oxidation sites excluding steroid dienone is 3. The molecular formula is C19H22O5. The van der Waals surface area contributed by atoms with Gasteiger partial charge in [0.15, 0.2) is 6.10 Å². The topological polar surface area (TPSA) is 80.7 Å². The van der Waals surface area contributed by atoms with Gasteiger partial charge in [0, 0.05) is 11.8 Å². The van der Waals surface area contributed by atoms with Crippen molar-refractivity contribution in [2.45, 2.75) is 44.8 Å². The van der Waals surface area contributed by atoms with Crippen LogP contribution in [0.25, 0.3) is 0 Å². The van der Waals surface area contributed by atoms with Crippen molar-refractivity contribution in [1.82, 2.24) is 0 Å². The van der Waals surface area contributed by atoms with Crippen molar-refractivity contribution >= 4 is 17.5 Å². The zero-order valence-corrected chi connectivity index (χ0v) is 13.7. The summed E-state index contributed by atoms with van der Waals surface area (Å²) in [7, 11) is 0. The van der Waals surface area contributed by atoms with Gasteiger partial charge in [0.2, 0.25) is 5.78 Å². The lowest BCUT2D eigenvalue weighted by Gasteiger charge is -2.35. The van der Waals surface area contributed by atoms with E-state index in [1.165, 1.54) is 0 Å². The number of carbonyl (C=O) groups is 3. The first-order chi connectivity index (χ1) is 11.5. The molecule has 0 radical (unpaired) electrons. The van der Waals surface area contributed by atoms with Crippen molar-refractivity contribution < 1.29 is 24.2 Å². The minimum absolute atomic E-state index is 0.00103. The molecule has 5 heteroatoms. The third-order valence-electron chi connectivity index (χ3n) is 6.15. The normalized spacial score (nSPS) is 44.7. The molecule has 0 amide bonds. The maximum absolute atomic E-state index is 12.5. The molecule has 1 heterocycles. The third kappa shape index (κ3) is 2.37. The van der Waals surface area contributed by atoms with Gasteiger partial charge >= 0.3 is 5.97 Å². The number of carbonyl (C=O) groups excluding carboxylic acids is 3. The molecule has 0 aromatic heterocycles. The average molecular weight is 330 g/mol. The van der Waals surface area contributed by atoms with Crippen molar-refractivity contribution in [3.63, 3.8) is 0 Å². The summed E-state index contributed by atoms with van der Waals surface area (Å²) in [6.45, 7) is 1.94. The van der Waals surface area contributed by atoms with E-state index in [9.17, 15) is 19.5 Å². The molecule has 1 N–H and O–H groups in total. The van der Waals surface area contributed by atoms with Crippen LogP contribution in [0.4, 0.5) is 0 Å². The summed E-state index contributed by atoms with van der Waals surface area (Å²) in [5.74, 6) is -0.649. The molecule has 2 bridgehead atoms. The fraction of sp³-hybridized carbons (Fsp3) is 0.632. The van der Waals surface area contributed by atoms with Crippen LogP contribution in [0.3, 0.4) is 0 Å². The van der Waals surface area contributed by atoms with Crippen molar-refractivity contribution in [3.8, 4) is 0 Å². The quantitative estimate of drug-likeness (QED) is 0.414. The molecule has 7 atom stereocenters. The molecule has 2 fully saturated rings. The zero-order valence-electron chi connectivity index (χ0n) is 13.7. The largest absolute Gasteiger partial charge is 0.450 e. The van der Waals surface area contributed by atoms with Crippen LogP contribution in [-0.4, -0.2) is 34.9 Å². The monoisotopic (exact) mass is 330 g/mol. The molecule has 24 heavy (non-hydrogen) atoms. The maximum atomic E-state index is 12.5. The Kier molecular flexibility index (Phi) is 3.71. The molecule has 0 aromatic rings. The lowest BCUT2D eigenvalue weighted by Crippen LogP contribution is -2.33.